The van der Waals surface area contributed by atoms with E-state index in [1.807, 2.05) is 46.9 Å². The van der Waals surface area contributed by atoms with Crippen molar-refractivity contribution in [2.45, 2.75) is 30.1 Å². The number of hydrogen-bond donors (Lipinski definition) is 1. The van der Waals surface area contributed by atoms with Crippen molar-refractivity contribution in [3.63, 3.8) is 0 Å². The first kappa shape index (κ1) is 15.9. The molecular formula is C15H17IN2O3. The summed E-state index contributed by atoms with van der Waals surface area (Å²) < 4.78 is 4.05. The van der Waals surface area contributed by atoms with E-state index in [4.69, 9.17) is 4.74 Å². The molecule has 1 unspecified atom stereocenters. The number of carbonyl (C=O) groups is 2. The van der Waals surface area contributed by atoms with Gasteiger partial charge in [-0.05, 0) is 32.4 Å². The summed E-state index contributed by atoms with van der Waals surface area (Å²) in [7, 11) is 0. The predicted molar refractivity (Wildman–Crippen MR) is 88.5 cm³/mol. The molecule has 0 aliphatic rings. The van der Waals surface area contributed by atoms with Gasteiger partial charge in [-0.25, -0.2) is 4.98 Å². The number of H-pyrrole nitrogens is 1. The lowest BCUT2D eigenvalue weighted by atomic mass is 10.1. The lowest BCUT2D eigenvalue weighted by molar-refractivity contribution is -0.148. The number of aryl methyl sites for hydroxylation is 1. The van der Waals surface area contributed by atoms with E-state index in [2.05, 4.69) is 9.97 Å². The second-order valence-electron chi connectivity index (χ2n) is 5.00. The Morgan fingerprint density at radius 3 is 2.76 bits per heavy atom. The quantitative estimate of drug-likeness (QED) is 0.266. The number of rotatable bonds is 6. The van der Waals surface area contributed by atoms with Crippen LogP contribution in [0.3, 0.4) is 0 Å². The third-order valence-electron chi connectivity index (χ3n) is 3.27. The van der Waals surface area contributed by atoms with Crippen LogP contribution in [0.5, 0.6) is 0 Å². The molecular weight excluding hydrogens is 383 g/mol. The Morgan fingerprint density at radius 2 is 2.10 bits per heavy atom. The third-order valence-corrected chi connectivity index (χ3v) is 4.47. The number of ether oxygens (including phenoxy) is 1. The summed E-state index contributed by atoms with van der Waals surface area (Å²) >= 11 is 1.82. The van der Waals surface area contributed by atoms with Crippen LogP contribution in [0.2, 0.25) is 0 Å². The molecule has 0 aliphatic heterocycles. The summed E-state index contributed by atoms with van der Waals surface area (Å²) in [6.45, 7) is 3.24. The van der Waals surface area contributed by atoms with Crippen LogP contribution in [0.4, 0.5) is 0 Å². The highest BCUT2D eigenvalue weighted by Crippen LogP contribution is 2.21. The van der Waals surface area contributed by atoms with Crippen molar-refractivity contribution < 1.29 is 14.3 Å². The molecule has 0 bridgehead atoms. The normalized spacial score (nSPS) is 13.9. The minimum Gasteiger partial charge on any atom is -0.464 e. The van der Waals surface area contributed by atoms with Crippen molar-refractivity contribution in [2.75, 3.05) is 6.61 Å². The van der Waals surface area contributed by atoms with Gasteiger partial charge in [0.05, 0.1) is 17.6 Å². The number of benzene rings is 1. The zero-order valence-electron chi connectivity index (χ0n) is 12.0. The second kappa shape index (κ2) is 6.55. The average Bonchev–Trinajstić information content (AvgIpc) is 2.85. The molecule has 0 radical (unpaired) electrons. The van der Waals surface area contributed by atoms with Crippen LogP contribution in [0.15, 0.2) is 24.3 Å². The molecule has 2 aromatic rings. The molecule has 21 heavy (non-hydrogen) atoms. The van der Waals surface area contributed by atoms with Gasteiger partial charge in [0, 0.05) is 6.42 Å². The maximum Gasteiger partial charge on any atom is 0.329 e. The van der Waals surface area contributed by atoms with E-state index >= 15 is 0 Å². The Balaban J connectivity index is 1.82. The Labute approximate surface area is 136 Å². The van der Waals surface area contributed by atoms with Crippen molar-refractivity contribution in [1.82, 2.24) is 9.97 Å². The van der Waals surface area contributed by atoms with Gasteiger partial charge in [0.2, 0.25) is 0 Å². The fraction of sp³-hybridized carbons (Fsp3) is 0.400. The van der Waals surface area contributed by atoms with E-state index in [0.29, 0.717) is 12.8 Å². The van der Waals surface area contributed by atoms with Gasteiger partial charge < -0.3 is 9.72 Å². The number of para-hydroxylation sites is 2. The number of nitrogens with zero attached hydrogens (tertiary/aromatic N) is 1. The molecule has 1 N–H and O–H groups in total. The van der Waals surface area contributed by atoms with Crippen molar-refractivity contribution in [3.8, 4) is 0 Å². The summed E-state index contributed by atoms with van der Waals surface area (Å²) in [6.07, 6.45) is 1.36. The molecule has 1 heterocycles. The summed E-state index contributed by atoms with van der Waals surface area (Å²) in [5.74, 6) is 0.182. The van der Waals surface area contributed by atoms with Crippen LogP contribution in [-0.4, -0.2) is 31.7 Å². The molecule has 1 atom stereocenters. The zero-order chi connectivity index (χ0) is 15.5. The molecule has 0 aliphatic carbocycles. The van der Waals surface area contributed by atoms with E-state index in [9.17, 15) is 9.59 Å². The number of nitrogens with one attached hydrogen (secondary N) is 1. The predicted octanol–water partition coefficient (Wildman–Crippen LogP) is 2.82. The smallest absolute Gasteiger partial charge is 0.329 e. The van der Waals surface area contributed by atoms with Crippen molar-refractivity contribution in [2.24, 2.45) is 0 Å². The summed E-state index contributed by atoms with van der Waals surface area (Å²) in [5, 5.41) is 0. The molecule has 1 aromatic heterocycles. The van der Waals surface area contributed by atoms with E-state index in [1.54, 1.807) is 6.92 Å². The van der Waals surface area contributed by atoms with Gasteiger partial charge in [0.1, 0.15) is 5.82 Å². The third kappa shape index (κ3) is 3.81. The van der Waals surface area contributed by atoms with Crippen LogP contribution in [0.25, 0.3) is 11.0 Å². The number of esters is 1. The van der Waals surface area contributed by atoms with E-state index < -0.39 is 9.39 Å². The molecule has 0 saturated heterocycles. The van der Waals surface area contributed by atoms with E-state index in [0.717, 1.165) is 16.9 Å². The van der Waals surface area contributed by atoms with Crippen molar-refractivity contribution in [3.05, 3.63) is 30.1 Å². The van der Waals surface area contributed by atoms with Gasteiger partial charge in [0.25, 0.3) is 0 Å². The van der Waals surface area contributed by atoms with E-state index in [-0.39, 0.29) is 12.4 Å². The molecule has 0 fully saturated rings. The summed E-state index contributed by atoms with van der Waals surface area (Å²) in [5.41, 5.74) is 1.93. The van der Waals surface area contributed by atoms with Crippen LogP contribution >= 0.6 is 22.6 Å². The summed E-state index contributed by atoms with van der Waals surface area (Å²) in [6, 6.07) is 7.82. The first-order chi connectivity index (χ1) is 9.91. The van der Waals surface area contributed by atoms with Crippen LogP contribution < -0.4 is 0 Å². The fourth-order valence-electron chi connectivity index (χ4n) is 1.81. The average molecular weight is 400 g/mol. The van der Waals surface area contributed by atoms with Crippen LogP contribution in [-0.2, 0) is 20.7 Å². The Hall–Kier alpha value is -1.44. The number of carbonyl (C=O) groups excluding carboxylic acids is 2. The fourth-order valence-corrected chi connectivity index (χ4v) is 1.96. The molecule has 6 heteroatoms. The topological polar surface area (TPSA) is 72.1 Å². The number of halogens is 1. The Kier molecular flexibility index (Phi) is 4.97. The monoisotopic (exact) mass is 400 g/mol. The molecule has 5 nitrogen and oxygen atoms in total. The number of fused-ring (bicyclic) bond motifs is 1. The maximum absolute atomic E-state index is 11.8. The highest BCUT2D eigenvalue weighted by molar-refractivity contribution is 14.1. The highest BCUT2D eigenvalue weighted by atomic mass is 127. The number of Topliss-reactive ketones (excluding diaryl/α,β-unsaturated/α-hetero) is 1. The number of aromatic nitrogens is 2. The number of imidazole rings is 1. The highest BCUT2D eigenvalue weighted by Gasteiger charge is 2.36. The van der Waals surface area contributed by atoms with Gasteiger partial charge >= 0.3 is 5.97 Å². The van der Waals surface area contributed by atoms with Gasteiger partial charge in [-0.3, -0.25) is 9.59 Å². The largest absolute Gasteiger partial charge is 0.464 e. The van der Waals surface area contributed by atoms with E-state index in [1.165, 1.54) is 6.92 Å². The number of hydrogen-bond acceptors (Lipinski definition) is 4. The molecule has 2 rings (SSSR count). The van der Waals surface area contributed by atoms with Gasteiger partial charge in [-0.1, -0.05) is 34.7 Å². The zero-order valence-corrected chi connectivity index (χ0v) is 14.1. The lowest BCUT2D eigenvalue weighted by Gasteiger charge is -2.17. The Morgan fingerprint density at radius 1 is 1.38 bits per heavy atom. The summed E-state index contributed by atoms with van der Waals surface area (Å²) in [4.78, 5) is 30.8. The van der Waals surface area contributed by atoms with Gasteiger partial charge in [-0.15, -0.1) is 0 Å². The molecule has 0 spiro atoms. The maximum atomic E-state index is 11.8. The molecule has 0 amide bonds. The second-order valence-corrected chi connectivity index (χ2v) is 7.16. The van der Waals surface area contributed by atoms with Crippen LogP contribution in [0.1, 0.15) is 26.1 Å². The standard InChI is InChI=1S/C15H17IN2O3/c1-10(19)15(2,16)14(20)21-9-5-8-13-17-11-6-3-4-7-12(11)18-13/h3-4,6-7H,5,8-9H2,1-2H3,(H,17,18). The first-order valence-corrected chi connectivity index (χ1v) is 7.80. The number of alkyl halides is 1. The van der Waals surface area contributed by atoms with Crippen LogP contribution in [0, 0.1) is 0 Å². The Bertz CT molecular complexity index is 631. The molecule has 112 valence electrons. The SMILES string of the molecule is CC(=O)C(C)(I)C(=O)OCCCc1nc2ccccc2[nH]1. The molecule has 1 aromatic carbocycles. The van der Waals surface area contributed by atoms with Gasteiger partial charge in [-0.2, -0.15) is 0 Å². The van der Waals surface area contributed by atoms with Crippen molar-refractivity contribution in [1.29, 1.82) is 0 Å². The minimum atomic E-state index is -1.10. The molecule has 0 saturated carbocycles. The minimum absolute atomic E-state index is 0.203. The number of aromatic amines is 1. The number of ketones is 1. The van der Waals surface area contributed by atoms with Crippen molar-refractivity contribution >= 4 is 45.4 Å². The first-order valence-electron chi connectivity index (χ1n) is 6.72. The lowest BCUT2D eigenvalue weighted by Crippen LogP contribution is -2.37. The van der Waals surface area contributed by atoms with Gasteiger partial charge in [0.15, 0.2) is 9.20 Å².